The maximum absolute atomic E-state index is 3.46. The zero-order valence-electron chi connectivity index (χ0n) is 11.2. The second-order valence-electron chi connectivity index (χ2n) is 5.76. The molecule has 1 aliphatic carbocycles. The molecule has 2 aromatic carbocycles. The largest absolute Gasteiger partial charge is 0.384 e. The van der Waals surface area contributed by atoms with Crippen molar-refractivity contribution in [3.8, 4) is 11.1 Å². The van der Waals surface area contributed by atoms with Crippen molar-refractivity contribution >= 4 is 5.69 Å². The molecular weight excluding hydrogens is 230 g/mol. The molecule has 0 aromatic heterocycles. The highest BCUT2D eigenvalue weighted by atomic mass is 14.9. The van der Waals surface area contributed by atoms with Crippen LogP contribution >= 0.6 is 0 Å². The molecular formula is C18H19N. The molecule has 0 radical (unpaired) electrons. The first-order valence-corrected chi connectivity index (χ1v) is 7.38. The first-order valence-electron chi connectivity index (χ1n) is 7.38. The molecule has 1 heteroatoms. The van der Waals surface area contributed by atoms with Crippen LogP contribution < -0.4 is 5.32 Å². The number of hydrogen-bond acceptors (Lipinski definition) is 1. The third kappa shape index (κ3) is 1.85. The van der Waals surface area contributed by atoms with Gasteiger partial charge in [0.25, 0.3) is 0 Å². The van der Waals surface area contributed by atoms with Gasteiger partial charge in [-0.3, -0.25) is 0 Å². The quantitative estimate of drug-likeness (QED) is 0.821. The van der Waals surface area contributed by atoms with Gasteiger partial charge in [-0.25, -0.2) is 0 Å². The summed E-state index contributed by atoms with van der Waals surface area (Å²) in [5, 5.41) is 3.46. The molecule has 96 valence electrons. The topological polar surface area (TPSA) is 12.0 Å². The van der Waals surface area contributed by atoms with Crippen LogP contribution in [-0.4, -0.2) is 6.54 Å². The summed E-state index contributed by atoms with van der Waals surface area (Å²) in [6, 6.07) is 15.9. The fraction of sp³-hybridized carbons (Fsp3) is 0.333. The summed E-state index contributed by atoms with van der Waals surface area (Å²) in [5.74, 6) is 0.831. The van der Waals surface area contributed by atoms with Crippen molar-refractivity contribution in [2.24, 2.45) is 0 Å². The number of fused-ring (bicyclic) bond motifs is 1. The van der Waals surface area contributed by atoms with E-state index in [1.54, 1.807) is 0 Å². The number of rotatable bonds is 2. The third-order valence-corrected chi connectivity index (χ3v) is 4.66. The van der Waals surface area contributed by atoms with Crippen LogP contribution in [0.2, 0.25) is 0 Å². The van der Waals surface area contributed by atoms with Gasteiger partial charge in [-0.15, -0.1) is 0 Å². The van der Waals surface area contributed by atoms with Crippen LogP contribution in [0.3, 0.4) is 0 Å². The fourth-order valence-electron chi connectivity index (χ4n) is 3.29. The van der Waals surface area contributed by atoms with Crippen molar-refractivity contribution in [1.29, 1.82) is 0 Å². The highest BCUT2D eigenvalue weighted by Crippen LogP contribution is 2.38. The second kappa shape index (κ2) is 4.41. The van der Waals surface area contributed by atoms with Crippen LogP contribution in [-0.2, 0) is 6.42 Å². The predicted octanol–water partition coefficient (Wildman–Crippen LogP) is 4.59. The molecule has 1 N–H and O–H groups in total. The summed E-state index contributed by atoms with van der Waals surface area (Å²) < 4.78 is 0. The number of nitrogens with one attached hydrogen (secondary N) is 1. The van der Waals surface area contributed by atoms with E-state index >= 15 is 0 Å². The molecule has 1 nitrogen and oxygen atoms in total. The molecule has 2 aliphatic rings. The van der Waals surface area contributed by atoms with E-state index < -0.39 is 0 Å². The summed E-state index contributed by atoms with van der Waals surface area (Å²) in [4.78, 5) is 0. The Balaban J connectivity index is 1.70. The van der Waals surface area contributed by atoms with E-state index in [4.69, 9.17) is 0 Å². The maximum Gasteiger partial charge on any atom is 0.0379 e. The van der Waals surface area contributed by atoms with Crippen LogP contribution in [0.5, 0.6) is 0 Å². The highest BCUT2D eigenvalue weighted by molar-refractivity contribution is 5.75. The lowest BCUT2D eigenvalue weighted by Gasteiger charge is -2.25. The molecule has 2 aromatic rings. The Kier molecular flexibility index (Phi) is 2.58. The normalized spacial score (nSPS) is 17.7. The van der Waals surface area contributed by atoms with Gasteiger partial charge in [0.1, 0.15) is 0 Å². The van der Waals surface area contributed by atoms with Crippen molar-refractivity contribution in [2.45, 2.75) is 31.6 Å². The minimum atomic E-state index is 0.831. The summed E-state index contributed by atoms with van der Waals surface area (Å²) in [5.41, 5.74) is 7.10. The van der Waals surface area contributed by atoms with Gasteiger partial charge in [0.2, 0.25) is 0 Å². The van der Waals surface area contributed by atoms with E-state index in [2.05, 4.69) is 47.8 Å². The minimum absolute atomic E-state index is 0.831. The van der Waals surface area contributed by atoms with Gasteiger partial charge in [0, 0.05) is 12.2 Å². The van der Waals surface area contributed by atoms with Gasteiger partial charge in [0.05, 0.1) is 0 Å². The molecule has 1 saturated carbocycles. The Morgan fingerprint density at radius 3 is 2.53 bits per heavy atom. The summed E-state index contributed by atoms with van der Waals surface area (Å²) in [6.07, 6.45) is 5.31. The van der Waals surface area contributed by atoms with Crippen molar-refractivity contribution in [3.63, 3.8) is 0 Å². The van der Waals surface area contributed by atoms with Crippen LogP contribution in [0.25, 0.3) is 11.1 Å². The van der Waals surface area contributed by atoms with E-state index in [-0.39, 0.29) is 0 Å². The van der Waals surface area contributed by atoms with Gasteiger partial charge in [-0.05, 0) is 53.5 Å². The van der Waals surface area contributed by atoms with E-state index in [1.807, 2.05) is 0 Å². The number of hydrogen-bond donors (Lipinski definition) is 1. The number of anilines is 1. The molecule has 0 saturated heterocycles. The molecule has 0 spiro atoms. The van der Waals surface area contributed by atoms with Crippen LogP contribution in [0.1, 0.15) is 36.3 Å². The molecule has 1 aliphatic heterocycles. The Hall–Kier alpha value is -1.76. The molecule has 0 unspecified atom stereocenters. The van der Waals surface area contributed by atoms with E-state index in [0.29, 0.717) is 0 Å². The van der Waals surface area contributed by atoms with Gasteiger partial charge in [-0.2, -0.15) is 0 Å². The van der Waals surface area contributed by atoms with E-state index in [0.717, 1.165) is 18.9 Å². The molecule has 19 heavy (non-hydrogen) atoms. The molecule has 0 amide bonds. The second-order valence-corrected chi connectivity index (χ2v) is 5.76. The summed E-state index contributed by atoms with van der Waals surface area (Å²) in [6.45, 7) is 1.08. The fourth-order valence-corrected chi connectivity index (χ4v) is 3.29. The molecule has 0 bridgehead atoms. The van der Waals surface area contributed by atoms with Crippen LogP contribution in [0, 0.1) is 0 Å². The zero-order valence-corrected chi connectivity index (χ0v) is 11.2. The molecule has 0 atom stereocenters. The lowest BCUT2D eigenvalue weighted by molar-refractivity contribution is 0.420. The zero-order chi connectivity index (χ0) is 12.7. The van der Waals surface area contributed by atoms with Crippen molar-refractivity contribution < 1.29 is 0 Å². The Bertz CT molecular complexity index is 594. The molecule has 4 rings (SSSR count). The van der Waals surface area contributed by atoms with Gasteiger partial charge in [0.15, 0.2) is 0 Å². The van der Waals surface area contributed by atoms with Gasteiger partial charge < -0.3 is 5.32 Å². The number of benzene rings is 2. The van der Waals surface area contributed by atoms with Crippen molar-refractivity contribution in [2.75, 3.05) is 11.9 Å². The lowest BCUT2D eigenvalue weighted by atomic mass is 9.79. The predicted molar refractivity (Wildman–Crippen MR) is 80.7 cm³/mol. The monoisotopic (exact) mass is 249 g/mol. The standard InChI is InChI=1S/C18H19N/c1-3-13(4-1)14-7-9-15(10-8-14)16-5-2-6-18-17(16)11-12-19-18/h2,5-10,13,19H,1,3-4,11-12H2. The first kappa shape index (κ1) is 11.1. The lowest BCUT2D eigenvalue weighted by Crippen LogP contribution is -2.08. The van der Waals surface area contributed by atoms with Crippen molar-refractivity contribution in [3.05, 3.63) is 53.6 Å². The van der Waals surface area contributed by atoms with E-state index in [1.165, 1.54) is 47.2 Å². The minimum Gasteiger partial charge on any atom is -0.384 e. The van der Waals surface area contributed by atoms with E-state index in [9.17, 15) is 0 Å². The Morgan fingerprint density at radius 2 is 1.79 bits per heavy atom. The Morgan fingerprint density at radius 1 is 0.947 bits per heavy atom. The van der Waals surface area contributed by atoms with Gasteiger partial charge in [-0.1, -0.05) is 42.8 Å². The maximum atomic E-state index is 3.46. The molecule has 1 fully saturated rings. The van der Waals surface area contributed by atoms with Crippen molar-refractivity contribution in [1.82, 2.24) is 0 Å². The Labute approximate surface area is 114 Å². The highest BCUT2D eigenvalue weighted by Gasteiger charge is 2.19. The first-order chi connectivity index (χ1) is 9.42. The van der Waals surface area contributed by atoms with Gasteiger partial charge >= 0.3 is 0 Å². The average molecular weight is 249 g/mol. The molecule has 1 heterocycles. The average Bonchev–Trinajstić information content (AvgIpc) is 2.86. The van der Waals surface area contributed by atoms with Crippen LogP contribution in [0.4, 0.5) is 5.69 Å². The third-order valence-electron chi connectivity index (χ3n) is 4.66. The summed E-state index contributed by atoms with van der Waals surface area (Å²) >= 11 is 0. The SMILES string of the molecule is c1cc2c(c(-c3ccc(C4CCC4)cc3)c1)CCN2. The van der Waals surface area contributed by atoms with Crippen LogP contribution in [0.15, 0.2) is 42.5 Å². The smallest absolute Gasteiger partial charge is 0.0379 e. The summed E-state index contributed by atoms with van der Waals surface area (Å²) in [7, 11) is 0.